The number of rotatable bonds is 3. The van der Waals surface area contributed by atoms with Gasteiger partial charge in [-0.15, -0.1) is 0 Å². The van der Waals surface area contributed by atoms with Crippen molar-refractivity contribution < 1.29 is 14.3 Å². The van der Waals surface area contributed by atoms with Crippen LogP contribution in [0.4, 0.5) is 0 Å². The summed E-state index contributed by atoms with van der Waals surface area (Å²) in [6.45, 7) is 15.2. The Balaban J connectivity index is 1.75. The van der Waals surface area contributed by atoms with Crippen LogP contribution in [0.2, 0.25) is 0 Å². The molecule has 2 aliphatic heterocycles. The topological polar surface area (TPSA) is 69.5 Å². The van der Waals surface area contributed by atoms with Gasteiger partial charge in [0, 0.05) is 24.7 Å². The summed E-state index contributed by atoms with van der Waals surface area (Å²) in [6, 6.07) is 1.98. The molecule has 4 rings (SSSR count). The van der Waals surface area contributed by atoms with Crippen molar-refractivity contribution in [3.63, 3.8) is 0 Å². The fourth-order valence-corrected chi connectivity index (χ4v) is 4.48. The van der Waals surface area contributed by atoms with Gasteiger partial charge in [-0.1, -0.05) is 13.8 Å². The summed E-state index contributed by atoms with van der Waals surface area (Å²) in [6.07, 6.45) is 1.80. The lowest BCUT2D eigenvalue weighted by Crippen LogP contribution is -2.44. The molecule has 7 heteroatoms. The summed E-state index contributed by atoms with van der Waals surface area (Å²) in [5.74, 6) is 0.507. The molecule has 0 bridgehead atoms. The molecule has 7 nitrogen and oxygen atoms in total. The van der Waals surface area contributed by atoms with Crippen LogP contribution >= 0.6 is 0 Å². The first-order chi connectivity index (χ1) is 14.2. The minimum atomic E-state index is -0.219. The van der Waals surface area contributed by atoms with E-state index in [1.54, 1.807) is 0 Å². The van der Waals surface area contributed by atoms with Crippen LogP contribution in [-0.4, -0.2) is 58.2 Å². The molecule has 0 aliphatic carbocycles. The molecule has 2 saturated heterocycles. The Morgan fingerprint density at radius 3 is 2.57 bits per heavy atom. The second kappa shape index (κ2) is 7.93. The van der Waals surface area contributed by atoms with Gasteiger partial charge in [0.15, 0.2) is 11.9 Å². The maximum atomic E-state index is 13.7. The quantitative estimate of drug-likeness (QED) is 0.763. The second-order valence-corrected chi connectivity index (χ2v) is 9.88. The number of piperidine rings is 1. The van der Waals surface area contributed by atoms with Crippen LogP contribution in [0.5, 0.6) is 0 Å². The van der Waals surface area contributed by atoms with Crippen molar-refractivity contribution in [3.8, 4) is 0 Å². The first-order valence-corrected chi connectivity index (χ1v) is 11.1. The third-order valence-electron chi connectivity index (χ3n) is 6.07. The van der Waals surface area contributed by atoms with E-state index in [1.165, 1.54) is 0 Å². The summed E-state index contributed by atoms with van der Waals surface area (Å²) in [7, 11) is 0. The van der Waals surface area contributed by atoms with Crippen molar-refractivity contribution in [2.75, 3.05) is 26.3 Å². The van der Waals surface area contributed by atoms with Crippen molar-refractivity contribution in [1.29, 1.82) is 0 Å². The van der Waals surface area contributed by atoms with Gasteiger partial charge in [-0.2, -0.15) is 5.10 Å². The minimum Gasteiger partial charge on any atom is -0.350 e. The smallest absolute Gasteiger partial charge is 0.254 e. The van der Waals surface area contributed by atoms with Gasteiger partial charge in [0.25, 0.3) is 5.91 Å². The standard InChI is InChI=1S/C23H34N4O3/c1-14(2)18-12-17(19-15(3)25-27(20(19)24-18)23(4,5)6)21(28)26-9-7-8-16(13-26)22-29-10-11-30-22/h12,14,16,22H,7-11,13H2,1-6H3. The molecule has 0 spiro atoms. The van der Waals surface area contributed by atoms with Crippen LogP contribution in [-0.2, 0) is 15.0 Å². The summed E-state index contributed by atoms with van der Waals surface area (Å²) in [5, 5.41) is 5.64. The van der Waals surface area contributed by atoms with Crippen LogP contribution < -0.4 is 0 Å². The highest BCUT2D eigenvalue weighted by Crippen LogP contribution is 2.31. The number of aryl methyl sites for hydroxylation is 1. The monoisotopic (exact) mass is 414 g/mol. The molecule has 0 saturated carbocycles. The summed E-state index contributed by atoms with van der Waals surface area (Å²) >= 11 is 0. The molecule has 0 aromatic carbocycles. The van der Waals surface area contributed by atoms with Crippen LogP contribution in [0.1, 0.15) is 75.1 Å². The SMILES string of the molecule is Cc1nn(C(C)(C)C)c2nc(C(C)C)cc(C(=O)N3CCCC(C4OCCO4)C3)c12. The molecule has 2 aromatic rings. The van der Waals surface area contributed by atoms with Crippen molar-refractivity contribution in [2.45, 2.75) is 72.1 Å². The van der Waals surface area contributed by atoms with E-state index in [9.17, 15) is 4.79 Å². The van der Waals surface area contributed by atoms with Gasteiger partial charge in [-0.05, 0) is 52.5 Å². The predicted octanol–water partition coefficient (Wildman–Crippen LogP) is 3.84. The molecule has 164 valence electrons. The normalized spacial score (nSPS) is 21.2. The first kappa shape index (κ1) is 21.2. The Labute approximate surface area is 178 Å². The van der Waals surface area contributed by atoms with E-state index in [1.807, 2.05) is 22.6 Å². The van der Waals surface area contributed by atoms with E-state index < -0.39 is 0 Å². The number of aromatic nitrogens is 3. The Bertz CT molecular complexity index is 938. The predicted molar refractivity (Wildman–Crippen MR) is 116 cm³/mol. The molecule has 2 aliphatic rings. The lowest BCUT2D eigenvalue weighted by atomic mass is 9.96. The second-order valence-electron chi connectivity index (χ2n) is 9.88. The third-order valence-corrected chi connectivity index (χ3v) is 6.07. The molecule has 30 heavy (non-hydrogen) atoms. The Morgan fingerprint density at radius 2 is 1.93 bits per heavy atom. The fourth-order valence-electron chi connectivity index (χ4n) is 4.48. The van der Waals surface area contributed by atoms with Gasteiger partial charge in [0.2, 0.25) is 0 Å². The molecule has 1 unspecified atom stereocenters. The highest BCUT2D eigenvalue weighted by Gasteiger charge is 2.34. The van der Waals surface area contributed by atoms with Gasteiger partial charge < -0.3 is 14.4 Å². The highest BCUT2D eigenvalue weighted by atomic mass is 16.7. The third kappa shape index (κ3) is 3.85. The molecule has 2 aromatic heterocycles. The van der Waals surface area contributed by atoms with E-state index in [4.69, 9.17) is 19.6 Å². The Kier molecular flexibility index (Phi) is 5.62. The number of fused-ring (bicyclic) bond motifs is 1. The van der Waals surface area contributed by atoms with Crippen LogP contribution in [0.15, 0.2) is 6.07 Å². The number of amides is 1. The van der Waals surface area contributed by atoms with Crippen LogP contribution in [0.3, 0.4) is 0 Å². The summed E-state index contributed by atoms with van der Waals surface area (Å²) < 4.78 is 13.4. The Hall–Kier alpha value is -1.99. The van der Waals surface area contributed by atoms with E-state index >= 15 is 0 Å². The lowest BCUT2D eigenvalue weighted by molar-refractivity contribution is -0.0969. The lowest BCUT2D eigenvalue weighted by Gasteiger charge is -2.35. The molecular weight excluding hydrogens is 380 g/mol. The number of pyridine rings is 1. The van der Waals surface area contributed by atoms with Crippen molar-refractivity contribution in [1.82, 2.24) is 19.7 Å². The van der Waals surface area contributed by atoms with Gasteiger partial charge in [-0.25, -0.2) is 9.67 Å². The number of ether oxygens (including phenoxy) is 2. The number of carbonyl (C=O) groups is 1. The molecule has 1 amide bonds. The number of likely N-dealkylation sites (tertiary alicyclic amines) is 1. The number of hydrogen-bond acceptors (Lipinski definition) is 5. The molecule has 1 atom stereocenters. The van der Waals surface area contributed by atoms with Crippen LogP contribution in [0, 0.1) is 12.8 Å². The molecule has 0 radical (unpaired) electrons. The Morgan fingerprint density at radius 1 is 1.23 bits per heavy atom. The zero-order valence-electron chi connectivity index (χ0n) is 19.1. The van der Waals surface area contributed by atoms with Crippen molar-refractivity contribution in [3.05, 3.63) is 23.0 Å². The zero-order valence-corrected chi connectivity index (χ0v) is 19.1. The number of nitrogens with zero attached hydrogens (tertiary/aromatic N) is 4. The zero-order chi connectivity index (χ0) is 21.6. The largest absolute Gasteiger partial charge is 0.350 e. The average molecular weight is 415 g/mol. The van der Waals surface area contributed by atoms with Gasteiger partial charge >= 0.3 is 0 Å². The average Bonchev–Trinajstić information content (AvgIpc) is 3.35. The van der Waals surface area contributed by atoms with Crippen LogP contribution in [0.25, 0.3) is 11.0 Å². The summed E-state index contributed by atoms with van der Waals surface area (Å²) in [5.41, 5.74) is 3.06. The maximum absolute atomic E-state index is 13.7. The summed E-state index contributed by atoms with van der Waals surface area (Å²) in [4.78, 5) is 20.6. The number of hydrogen-bond donors (Lipinski definition) is 0. The van der Waals surface area contributed by atoms with E-state index in [0.29, 0.717) is 25.3 Å². The van der Waals surface area contributed by atoms with Gasteiger partial charge in [0.1, 0.15) is 0 Å². The van der Waals surface area contributed by atoms with Gasteiger partial charge in [0.05, 0.1) is 35.4 Å². The molecular formula is C23H34N4O3. The number of carbonyl (C=O) groups excluding carboxylic acids is 1. The molecule has 4 heterocycles. The first-order valence-electron chi connectivity index (χ1n) is 11.1. The fraction of sp³-hybridized carbons (Fsp3) is 0.696. The van der Waals surface area contributed by atoms with E-state index in [-0.39, 0.29) is 29.6 Å². The minimum absolute atomic E-state index is 0.0588. The van der Waals surface area contributed by atoms with E-state index in [0.717, 1.165) is 41.8 Å². The van der Waals surface area contributed by atoms with Crippen molar-refractivity contribution in [2.24, 2.45) is 5.92 Å². The molecule has 0 N–H and O–H groups in total. The highest BCUT2D eigenvalue weighted by molar-refractivity contribution is 6.06. The van der Waals surface area contributed by atoms with E-state index in [2.05, 4.69) is 34.6 Å². The van der Waals surface area contributed by atoms with Gasteiger partial charge in [-0.3, -0.25) is 4.79 Å². The molecule has 2 fully saturated rings. The maximum Gasteiger partial charge on any atom is 0.254 e. The van der Waals surface area contributed by atoms with Crippen molar-refractivity contribution >= 4 is 16.9 Å².